The largest absolute Gasteiger partial charge is 0.326 e. The van der Waals surface area contributed by atoms with Crippen LogP contribution in [0, 0.1) is 5.92 Å². The Morgan fingerprint density at radius 1 is 1.13 bits per heavy atom. The number of benzene rings is 2. The summed E-state index contributed by atoms with van der Waals surface area (Å²) >= 11 is 10.6. The van der Waals surface area contributed by atoms with Crippen LogP contribution in [-0.2, 0) is 4.79 Å². The van der Waals surface area contributed by atoms with Crippen molar-refractivity contribution in [1.82, 2.24) is 15.5 Å². The third kappa shape index (κ3) is 6.49. The number of hydrogen-bond acceptors (Lipinski definition) is 5. The molecule has 31 heavy (non-hydrogen) atoms. The van der Waals surface area contributed by atoms with E-state index < -0.39 is 12.1 Å². The predicted octanol–water partition coefficient (Wildman–Crippen LogP) is 5.80. The second kappa shape index (κ2) is 10.7. The number of aromatic nitrogens is 2. The van der Waals surface area contributed by atoms with Crippen molar-refractivity contribution in [3.8, 4) is 10.6 Å². The molecule has 3 rings (SSSR count). The van der Waals surface area contributed by atoms with Crippen LogP contribution in [0.1, 0.15) is 20.3 Å². The summed E-state index contributed by atoms with van der Waals surface area (Å²) in [5.74, 6) is -0.443. The molecular formula is C21H21BrClN5O2S. The first kappa shape index (κ1) is 23.2. The molecular weight excluding hydrogens is 502 g/mol. The van der Waals surface area contributed by atoms with Crippen LogP contribution in [0.2, 0.25) is 5.02 Å². The topological polar surface area (TPSA) is 96.0 Å². The molecule has 0 aliphatic heterocycles. The van der Waals surface area contributed by atoms with Crippen molar-refractivity contribution in [3.63, 3.8) is 0 Å². The lowest BCUT2D eigenvalue weighted by Crippen LogP contribution is -2.49. The highest BCUT2D eigenvalue weighted by molar-refractivity contribution is 9.10. The van der Waals surface area contributed by atoms with E-state index in [0.717, 1.165) is 10.0 Å². The molecule has 0 saturated heterocycles. The van der Waals surface area contributed by atoms with Gasteiger partial charge in [0, 0.05) is 20.7 Å². The quantitative estimate of drug-likeness (QED) is 0.366. The number of hydrogen-bond donors (Lipinski definition) is 3. The van der Waals surface area contributed by atoms with Crippen LogP contribution in [0.25, 0.3) is 10.6 Å². The van der Waals surface area contributed by atoms with Gasteiger partial charge in [-0.3, -0.25) is 10.1 Å². The van der Waals surface area contributed by atoms with Crippen molar-refractivity contribution < 1.29 is 9.59 Å². The zero-order valence-corrected chi connectivity index (χ0v) is 20.0. The molecule has 3 N–H and O–H groups in total. The van der Waals surface area contributed by atoms with Crippen LogP contribution in [0.15, 0.2) is 53.0 Å². The highest BCUT2D eigenvalue weighted by Gasteiger charge is 2.27. The van der Waals surface area contributed by atoms with E-state index >= 15 is 0 Å². The molecule has 1 heterocycles. The van der Waals surface area contributed by atoms with Crippen LogP contribution in [0.5, 0.6) is 0 Å². The molecule has 0 radical (unpaired) electrons. The molecule has 2 atom stereocenters. The van der Waals surface area contributed by atoms with E-state index in [0.29, 0.717) is 27.3 Å². The lowest BCUT2D eigenvalue weighted by Gasteiger charge is -2.23. The Labute approximate surface area is 197 Å². The number of urea groups is 1. The summed E-state index contributed by atoms with van der Waals surface area (Å²) in [6, 6.07) is 13.3. The molecule has 3 amide bonds. The van der Waals surface area contributed by atoms with Crippen molar-refractivity contribution >= 4 is 61.6 Å². The van der Waals surface area contributed by atoms with Gasteiger partial charge < -0.3 is 10.6 Å². The van der Waals surface area contributed by atoms with Crippen molar-refractivity contribution in [1.29, 1.82) is 0 Å². The van der Waals surface area contributed by atoms with Gasteiger partial charge in [-0.05, 0) is 36.2 Å². The molecule has 7 nitrogen and oxygen atoms in total. The summed E-state index contributed by atoms with van der Waals surface area (Å²) in [6.45, 7) is 3.86. The number of rotatable bonds is 7. The fraction of sp³-hybridized carbons (Fsp3) is 0.238. The molecule has 0 bridgehead atoms. The number of nitrogens with zero attached hydrogens (tertiary/aromatic N) is 2. The minimum absolute atomic E-state index is 0.0893. The standard InChI is InChI=1S/C21H21BrClN5O2S/c1-3-12(2)17(25-20(30)24-16-9-5-7-14(22)11-16)18(29)26-21-28-27-19(31-21)13-6-4-8-15(23)10-13/h4-12,17H,3H2,1-2H3,(H2,24,25,30)(H,26,28,29)/t12-,17+/m0/s1. The molecule has 0 fully saturated rings. The molecule has 0 saturated carbocycles. The van der Waals surface area contributed by atoms with E-state index in [4.69, 9.17) is 11.6 Å². The monoisotopic (exact) mass is 521 g/mol. The molecule has 0 aliphatic carbocycles. The molecule has 3 aromatic rings. The lowest BCUT2D eigenvalue weighted by atomic mass is 9.98. The van der Waals surface area contributed by atoms with Crippen LogP contribution < -0.4 is 16.0 Å². The van der Waals surface area contributed by atoms with Crippen LogP contribution in [0.3, 0.4) is 0 Å². The molecule has 162 valence electrons. The second-order valence-corrected chi connectivity index (χ2v) is 9.21. The van der Waals surface area contributed by atoms with Crippen molar-refractivity contribution in [2.24, 2.45) is 5.92 Å². The zero-order chi connectivity index (χ0) is 22.4. The SMILES string of the molecule is CC[C@H](C)[C@@H](NC(=O)Nc1cccc(Br)c1)C(=O)Nc1nnc(-c2cccc(Cl)c2)s1. The molecule has 0 aliphatic rings. The molecule has 1 aromatic heterocycles. The fourth-order valence-electron chi connectivity index (χ4n) is 2.77. The number of halogens is 2. The average molecular weight is 523 g/mol. The van der Waals surface area contributed by atoms with Crippen molar-refractivity contribution in [2.45, 2.75) is 26.3 Å². The van der Waals surface area contributed by atoms with Gasteiger partial charge in [-0.15, -0.1) is 10.2 Å². The molecule has 0 unspecified atom stereocenters. The number of nitrogens with one attached hydrogen (secondary N) is 3. The molecule has 10 heteroatoms. The van der Waals surface area contributed by atoms with Gasteiger partial charge >= 0.3 is 6.03 Å². The summed E-state index contributed by atoms with van der Waals surface area (Å²) in [7, 11) is 0. The Morgan fingerprint density at radius 3 is 2.61 bits per heavy atom. The van der Waals surface area contributed by atoms with Gasteiger partial charge in [0.2, 0.25) is 11.0 Å². The number of carbonyl (C=O) groups is 2. The number of anilines is 2. The Hall–Kier alpha value is -2.49. The Morgan fingerprint density at radius 2 is 1.90 bits per heavy atom. The molecule has 2 aromatic carbocycles. The fourth-order valence-corrected chi connectivity index (χ4v) is 4.10. The summed E-state index contributed by atoms with van der Waals surface area (Å²) in [6.07, 6.45) is 0.707. The predicted molar refractivity (Wildman–Crippen MR) is 129 cm³/mol. The van der Waals surface area contributed by atoms with E-state index in [9.17, 15) is 9.59 Å². The maximum atomic E-state index is 12.9. The minimum atomic E-state index is -0.740. The van der Waals surface area contributed by atoms with E-state index in [1.54, 1.807) is 24.3 Å². The maximum Gasteiger partial charge on any atom is 0.319 e. The van der Waals surface area contributed by atoms with Gasteiger partial charge in [0.25, 0.3) is 0 Å². The van der Waals surface area contributed by atoms with Gasteiger partial charge in [0.1, 0.15) is 11.0 Å². The number of amides is 3. The second-order valence-electron chi connectivity index (χ2n) is 6.88. The minimum Gasteiger partial charge on any atom is -0.326 e. The van der Waals surface area contributed by atoms with Gasteiger partial charge in [-0.1, -0.05) is 77.3 Å². The Balaban J connectivity index is 1.68. The van der Waals surface area contributed by atoms with E-state index in [-0.39, 0.29) is 11.8 Å². The highest BCUT2D eigenvalue weighted by Crippen LogP contribution is 2.28. The van der Waals surface area contributed by atoms with Gasteiger partial charge in [0.05, 0.1) is 0 Å². The van der Waals surface area contributed by atoms with Gasteiger partial charge in [-0.25, -0.2) is 4.79 Å². The van der Waals surface area contributed by atoms with E-state index in [1.165, 1.54) is 11.3 Å². The summed E-state index contributed by atoms with van der Waals surface area (Å²) in [4.78, 5) is 25.4. The van der Waals surface area contributed by atoms with Gasteiger partial charge in [0.15, 0.2) is 0 Å². The Kier molecular flexibility index (Phi) is 8.00. The van der Waals surface area contributed by atoms with Gasteiger partial charge in [-0.2, -0.15) is 0 Å². The summed E-state index contributed by atoms with van der Waals surface area (Å²) in [5.41, 5.74) is 1.43. The first-order valence-corrected chi connectivity index (χ1v) is 11.6. The van der Waals surface area contributed by atoms with E-state index in [1.807, 2.05) is 38.1 Å². The summed E-state index contributed by atoms with van der Waals surface area (Å²) < 4.78 is 0.841. The van der Waals surface area contributed by atoms with E-state index in [2.05, 4.69) is 42.1 Å². The number of carbonyl (C=O) groups excluding carboxylic acids is 2. The van der Waals surface area contributed by atoms with Crippen LogP contribution in [-0.4, -0.2) is 28.2 Å². The third-order valence-electron chi connectivity index (χ3n) is 4.59. The normalized spacial score (nSPS) is 12.6. The summed E-state index contributed by atoms with van der Waals surface area (Å²) in [5, 5.41) is 18.0. The van der Waals surface area contributed by atoms with Crippen LogP contribution in [0.4, 0.5) is 15.6 Å². The first-order valence-electron chi connectivity index (χ1n) is 9.59. The average Bonchev–Trinajstić information content (AvgIpc) is 3.20. The van der Waals surface area contributed by atoms with Crippen molar-refractivity contribution in [3.05, 3.63) is 58.0 Å². The maximum absolute atomic E-state index is 12.9. The lowest BCUT2D eigenvalue weighted by molar-refractivity contribution is -0.119. The van der Waals surface area contributed by atoms with Crippen molar-refractivity contribution in [2.75, 3.05) is 10.6 Å². The molecule has 0 spiro atoms. The smallest absolute Gasteiger partial charge is 0.319 e. The zero-order valence-electron chi connectivity index (χ0n) is 16.9. The Bertz CT molecular complexity index is 1080. The van der Waals surface area contributed by atoms with Crippen LogP contribution >= 0.6 is 38.9 Å². The third-order valence-corrected chi connectivity index (χ3v) is 6.21. The highest BCUT2D eigenvalue weighted by atomic mass is 79.9. The first-order chi connectivity index (χ1) is 14.9.